The molecule has 1 aromatic rings. The summed E-state index contributed by atoms with van der Waals surface area (Å²) in [5, 5.41) is 0.926. The fourth-order valence-electron chi connectivity index (χ4n) is 2.72. The molecule has 0 saturated carbocycles. The van der Waals surface area contributed by atoms with Gasteiger partial charge in [-0.05, 0) is 26.7 Å². The van der Waals surface area contributed by atoms with Crippen molar-refractivity contribution < 1.29 is 9.53 Å². The first-order valence-electron chi connectivity index (χ1n) is 8.06. The summed E-state index contributed by atoms with van der Waals surface area (Å²) in [7, 11) is 1.70. The molecule has 0 unspecified atom stereocenters. The third kappa shape index (κ3) is 4.49. The Hall–Kier alpha value is -1.01. The molecule has 1 fully saturated rings. The van der Waals surface area contributed by atoms with Crippen molar-refractivity contribution in [2.24, 2.45) is 0 Å². The maximum Gasteiger partial charge on any atom is 0.233 e. The Morgan fingerprint density at radius 2 is 1.91 bits per heavy atom. The highest BCUT2D eigenvalue weighted by molar-refractivity contribution is 7.99. The van der Waals surface area contributed by atoms with Gasteiger partial charge in [0.05, 0.1) is 18.1 Å². The first-order chi connectivity index (χ1) is 10.6. The Bertz CT molecular complexity index is 494. The monoisotopic (exact) mass is 325 g/mol. The number of aromatic nitrogens is 2. The molecule has 1 aliphatic heterocycles. The van der Waals surface area contributed by atoms with E-state index in [1.54, 1.807) is 18.9 Å². The van der Waals surface area contributed by atoms with Crippen LogP contribution in [0.2, 0.25) is 0 Å². The number of rotatable bonds is 6. The molecular weight excluding hydrogens is 298 g/mol. The third-order valence-corrected chi connectivity index (χ3v) is 5.19. The normalized spacial score (nSPS) is 15.9. The zero-order valence-electron chi connectivity index (χ0n) is 13.9. The molecule has 0 aliphatic carbocycles. The summed E-state index contributed by atoms with van der Waals surface area (Å²) in [5.74, 6) is 0.714. The van der Waals surface area contributed by atoms with Crippen LogP contribution < -0.4 is 0 Å². The van der Waals surface area contributed by atoms with E-state index in [0.717, 1.165) is 49.0 Å². The molecule has 0 radical (unpaired) electrons. The van der Waals surface area contributed by atoms with Crippen LogP contribution in [0.3, 0.4) is 0 Å². The fraction of sp³-hybridized carbons (Fsp3) is 0.750. The molecule has 1 saturated heterocycles. The van der Waals surface area contributed by atoms with Gasteiger partial charge in [0.15, 0.2) is 5.16 Å². The molecular formula is C16H27N3O2S. The van der Waals surface area contributed by atoms with E-state index in [1.165, 1.54) is 12.8 Å². The van der Waals surface area contributed by atoms with Crippen molar-refractivity contribution >= 4 is 17.7 Å². The van der Waals surface area contributed by atoms with Crippen LogP contribution in [0.15, 0.2) is 5.16 Å². The van der Waals surface area contributed by atoms with Gasteiger partial charge in [-0.2, -0.15) is 0 Å². The number of likely N-dealkylation sites (tertiary alicyclic amines) is 1. The smallest absolute Gasteiger partial charge is 0.233 e. The summed E-state index contributed by atoms with van der Waals surface area (Å²) in [6.45, 7) is 7.34. The van der Waals surface area contributed by atoms with Crippen molar-refractivity contribution in [3.8, 4) is 0 Å². The zero-order chi connectivity index (χ0) is 15.9. The topological polar surface area (TPSA) is 47.4 Å². The number of methoxy groups -OCH3 is 1. The summed E-state index contributed by atoms with van der Waals surface area (Å²) in [6.07, 6.45) is 4.77. The molecule has 5 nitrogen and oxygen atoms in total. The van der Waals surface area contributed by atoms with Crippen molar-refractivity contribution in [1.82, 2.24) is 14.5 Å². The van der Waals surface area contributed by atoms with E-state index in [9.17, 15) is 4.79 Å². The molecule has 0 atom stereocenters. The molecule has 0 N–H and O–H groups in total. The number of amides is 1. The maximum absolute atomic E-state index is 12.4. The van der Waals surface area contributed by atoms with Gasteiger partial charge in [-0.25, -0.2) is 4.98 Å². The fourth-order valence-corrected chi connectivity index (χ4v) is 3.74. The Morgan fingerprint density at radius 1 is 1.23 bits per heavy atom. The Balaban J connectivity index is 1.95. The quantitative estimate of drug-likeness (QED) is 0.755. The van der Waals surface area contributed by atoms with E-state index >= 15 is 0 Å². The number of carbonyl (C=O) groups is 1. The summed E-state index contributed by atoms with van der Waals surface area (Å²) < 4.78 is 7.32. The summed E-state index contributed by atoms with van der Waals surface area (Å²) >= 11 is 1.55. The number of hydrogen-bond acceptors (Lipinski definition) is 4. The van der Waals surface area contributed by atoms with E-state index < -0.39 is 0 Å². The highest BCUT2D eigenvalue weighted by Gasteiger charge is 2.18. The lowest BCUT2D eigenvalue weighted by molar-refractivity contribution is -0.128. The number of ether oxygens (including phenoxy) is 1. The Labute approximate surface area is 137 Å². The van der Waals surface area contributed by atoms with Gasteiger partial charge in [-0.3, -0.25) is 4.79 Å². The van der Waals surface area contributed by atoms with Crippen molar-refractivity contribution in [1.29, 1.82) is 0 Å². The average molecular weight is 325 g/mol. The lowest BCUT2D eigenvalue weighted by atomic mass is 10.2. The Morgan fingerprint density at radius 3 is 2.55 bits per heavy atom. The van der Waals surface area contributed by atoms with Crippen LogP contribution in [-0.4, -0.2) is 52.9 Å². The van der Waals surface area contributed by atoms with Gasteiger partial charge >= 0.3 is 0 Å². The Kier molecular flexibility index (Phi) is 6.76. The van der Waals surface area contributed by atoms with Gasteiger partial charge in [-0.1, -0.05) is 24.6 Å². The van der Waals surface area contributed by atoms with E-state index in [0.29, 0.717) is 12.4 Å². The molecule has 2 rings (SSSR count). The van der Waals surface area contributed by atoms with Crippen LogP contribution in [0, 0.1) is 13.8 Å². The first-order valence-corrected chi connectivity index (χ1v) is 9.05. The van der Waals surface area contributed by atoms with Gasteiger partial charge in [0.1, 0.15) is 0 Å². The molecule has 0 spiro atoms. The molecule has 1 amide bonds. The predicted molar refractivity (Wildman–Crippen MR) is 89.3 cm³/mol. The van der Waals surface area contributed by atoms with Crippen LogP contribution in [0.1, 0.15) is 37.1 Å². The lowest BCUT2D eigenvalue weighted by Crippen LogP contribution is -2.33. The summed E-state index contributed by atoms with van der Waals surface area (Å²) in [4.78, 5) is 19.0. The standard InChI is InChI=1S/C16H27N3O2S/c1-13-14(2)19(10-11-21-3)16(17-13)22-12-15(20)18-8-6-4-5-7-9-18/h4-12H2,1-3H3. The number of thioether (sulfide) groups is 1. The molecule has 0 aromatic carbocycles. The molecule has 0 bridgehead atoms. The predicted octanol–water partition coefficient (Wildman–Crippen LogP) is 2.64. The molecule has 2 heterocycles. The molecule has 22 heavy (non-hydrogen) atoms. The number of carbonyl (C=O) groups excluding carboxylic acids is 1. The van der Waals surface area contributed by atoms with Crippen LogP contribution in [0.5, 0.6) is 0 Å². The maximum atomic E-state index is 12.4. The number of aryl methyl sites for hydroxylation is 1. The second-order valence-corrected chi connectivity index (χ2v) is 6.74. The van der Waals surface area contributed by atoms with Gasteiger partial charge in [-0.15, -0.1) is 0 Å². The lowest BCUT2D eigenvalue weighted by Gasteiger charge is -2.20. The SMILES string of the molecule is COCCn1c(SCC(=O)N2CCCCCC2)nc(C)c1C. The minimum Gasteiger partial charge on any atom is -0.383 e. The van der Waals surface area contributed by atoms with E-state index in [4.69, 9.17) is 4.74 Å². The van der Waals surface area contributed by atoms with Gasteiger partial charge in [0.25, 0.3) is 0 Å². The van der Waals surface area contributed by atoms with Gasteiger partial charge < -0.3 is 14.2 Å². The molecule has 124 valence electrons. The molecule has 6 heteroatoms. The second kappa shape index (κ2) is 8.58. The first kappa shape index (κ1) is 17.3. The zero-order valence-corrected chi connectivity index (χ0v) is 14.7. The van der Waals surface area contributed by atoms with Crippen LogP contribution >= 0.6 is 11.8 Å². The molecule has 1 aliphatic rings. The second-order valence-electron chi connectivity index (χ2n) is 5.79. The minimum absolute atomic E-state index is 0.239. The highest BCUT2D eigenvalue weighted by Crippen LogP contribution is 2.22. The van der Waals surface area contributed by atoms with Crippen LogP contribution in [-0.2, 0) is 16.1 Å². The summed E-state index contributed by atoms with van der Waals surface area (Å²) in [6, 6.07) is 0. The minimum atomic E-state index is 0.239. The van der Waals surface area contributed by atoms with Crippen LogP contribution in [0.4, 0.5) is 0 Å². The number of imidazole rings is 1. The molecule has 1 aromatic heterocycles. The van der Waals surface area contributed by atoms with E-state index in [-0.39, 0.29) is 5.91 Å². The third-order valence-electron chi connectivity index (χ3n) is 4.23. The highest BCUT2D eigenvalue weighted by atomic mass is 32.2. The van der Waals surface area contributed by atoms with Crippen LogP contribution in [0.25, 0.3) is 0 Å². The van der Waals surface area contributed by atoms with E-state index in [2.05, 4.69) is 16.5 Å². The van der Waals surface area contributed by atoms with E-state index in [1.807, 2.05) is 11.8 Å². The summed E-state index contributed by atoms with van der Waals surface area (Å²) in [5.41, 5.74) is 2.18. The largest absolute Gasteiger partial charge is 0.383 e. The van der Waals surface area contributed by atoms with Gasteiger partial charge in [0.2, 0.25) is 5.91 Å². The average Bonchev–Trinajstić information content (AvgIpc) is 2.73. The van der Waals surface area contributed by atoms with Crippen molar-refractivity contribution in [2.45, 2.75) is 51.2 Å². The van der Waals surface area contributed by atoms with Crippen molar-refractivity contribution in [3.05, 3.63) is 11.4 Å². The number of nitrogens with zero attached hydrogens (tertiary/aromatic N) is 3. The van der Waals surface area contributed by atoms with Crippen molar-refractivity contribution in [3.63, 3.8) is 0 Å². The number of hydrogen-bond donors (Lipinski definition) is 0. The van der Waals surface area contributed by atoms with Crippen molar-refractivity contribution in [2.75, 3.05) is 32.6 Å². The van der Waals surface area contributed by atoms with Gasteiger partial charge in [0, 0.05) is 32.4 Å².